The summed E-state index contributed by atoms with van der Waals surface area (Å²) in [6.45, 7) is 1.66. The van der Waals surface area contributed by atoms with E-state index in [1.54, 1.807) is 6.92 Å². The van der Waals surface area contributed by atoms with Crippen LogP contribution in [0, 0.1) is 11.6 Å². The lowest BCUT2D eigenvalue weighted by Gasteiger charge is -2.18. The molecule has 0 saturated heterocycles. The van der Waals surface area contributed by atoms with Gasteiger partial charge in [-0.25, -0.2) is 8.78 Å². The van der Waals surface area contributed by atoms with Gasteiger partial charge in [0, 0.05) is 25.8 Å². The quantitative estimate of drug-likeness (QED) is 0.746. The molecule has 1 aromatic carbocycles. The van der Waals surface area contributed by atoms with Gasteiger partial charge in [0.05, 0.1) is 6.10 Å². The van der Waals surface area contributed by atoms with Crippen LogP contribution in [0.15, 0.2) is 18.2 Å². The summed E-state index contributed by atoms with van der Waals surface area (Å²) in [5.41, 5.74) is 0.285. The Morgan fingerprint density at radius 1 is 1.19 bits per heavy atom. The zero-order chi connectivity index (χ0) is 12.1. The van der Waals surface area contributed by atoms with Crippen LogP contribution in [0.5, 0.6) is 0 Å². The minimum absolute atomic E-state index is 0.285. The zero-order valence-corrected chi connectivity index (χ0v) is 10.5. The normalized spacial score (nSPS) is 13.1. The molecule has 0 N–H and O–H groups in total. The monoisotopic (exact) mass is 248 g/mol. The van der Waals surface area contributed by atoms with Crippen LogP contribution in [0.3, 0.4) is 0 Å². The Morgan fingerprint density at radius 3 is 2.31 bits per heavy atom. The molecule has 16 heavy (non-hydrogen) atoms. The van der Waals surface area contributed by atoms with Gasteiger partial charge in [-0.3, -0.25) is 0 Å². The minimum atomic E-state index is -2.21. The Morgan fingerprint density at radius 2 is 1.81 bits per heavy atom. The maximum Gasteiger partial charge on any atom is 0.484 e. The van der Waals surface area contributed by atoms with Crippen LogP contribution in [-0.2, 0) is 13.3 Å². The Labute approximate surface area is 94.9 Å². The molecule has 1 aromatic rings. The van der Waals surface area contributed by atoms with Crippen molar-refractivity contribution in [3.05, 3.63) is 35.4 Å². The van der Waals surface area contributed by atoms with Crippen molar-refractivity contribution in [1.29, 1.82) is 0 Å². The van der Waals surface area contributed by atoms with Crippen LogP contribution in [0.2, 0.25) is 0 Å². The van der Waals surface area contributed by atoms with Crippen molar-refractivity contribution >= 4 is 9.53 Å². The molecular weight excluding hydrogens is 234 g/mol. The van der Waals surface area contributed by atoms with Crippen LogP contribution in [0.25, 0.3) is 0 Å². The molecule has 0 aliphatic carbocycles. The third kappa shape index (κ3) is 3.34. The van der Waals surface area contributed by atoms with E-state index in [0.717, 1.165) is 6.07 Å². The van der Waals surface area contributed by atoms with Gasteiger partial charge in [0.25, 0.3) is 0 Å². The number of benzene rings is 1. The van der Waals surface area contributed by atoms with E-state index in [0.29, 0.717) is 0 Å². The largest absolute Gasteiger partial charge is 0.484 e. The highest BCUT2D eigenvalue weighted by Crippen LogP contribution is 2.21. The molecule has 1 atom stereocenters. The van der Waals surface area contributed by atoms with Crippen molar-refractivity contribution in [3.8, 4) is 0 Å². The molecule has 1 rings (SSSR count). The number of hydrogen-bond acceptors (Lipinski definition) is 3. The highest BCUT2D eigenvalue weighted by atomic mass is 28.3. The van der Waals surface area contributed by atoms with Gasteiger partial charge in [-0.1, -0.05) is 6.07 Å². The summed E-state index contributed by atoms with van der Waals surface area (Å²) in [6.07, 6.45) is -0.530. The highest BCUT2D eigenvalue weighted by Gasteiger charge is 2.19. The van der Waals surface area contributed by atoms with Gasteiger partial charge in [0.1, 0.15) is 11.6 Å². The Bertz CT molecular complexity index is 345. The molecule has 3 nitrogen and oxygen atoms in total. The van der Waals surface area contributed by atoms with E-state index in [1.165, 1.54) is 26.4 Å². The summed E-state index contributed by atoms with van der Waals surface area (Å²) in [6, 6.07) is 3.37. The van der Waals surface area contributed by atoms with Crippen LogP contribution in [0.4, 0.5) is 8.78 Å². The molecule has 0 saturated carbocycles. The molecule has 0 aliphatic heterocycles. The van der Waals surface area contributed by atoms with Crippen molar-refractivity contribution in [2.24, 2.45) is 0 Å². The van der Waals surface area contributed by atoms with Crippen LogP contribution >= 0.6 is 0 Å². The summed E-state index contributed by atoms with van der Waals surface area (Å²) in [5, 5.41) is 0. The molecule has 0 spiro atoms. The fourth-order valence-electron chi connectivity index (χ4n) is 1.28. The van der Waals surface area contributed by atoms with E-state index in [1.807, 2.05) is 0 Å². The first kappa shape index (κ1) is 13.2. The number of rotatable bonds is 5. The van der Waals surface area contributed by atoms with Gasteiger partial charge in [-0.2, -0.15) is 0 Å². The predicted molar refractivity (Wildman–Crippen MR) is 57.0 cm³/mol. The first-order valence-corrected chi connectivity index (χ1v) is 6.16. The molecular formula is C10H14F2O3Si. The minimum Gasteiger partial charge on any atom is -0.379 e. The second kappa shape index (κ2) is 6.05. The standard InChI is InChI=1S/C10H14F2O3Si/c1-7(15-16(13-2)14-3)9-5-4-8(11)6-10(9)12/h4-7,16H,1-3H3. The highest BCUT2D eigenvalue weighted by molar-refractivity contribution is 6.36. The predicted octanol–water partition coefficient (Wildman–Crippen LogP) is 2.05. The topological polar surface area (TPSA) is 27.7 Å². The lowest BCUT2D eigenvalue weighted by molar-refractivity contribution is 0.0933. The fraction of sp³-hybridized carbons (Fsp3) is 0.400. The average molecular weight is 248 g/mol. The molecule has 90 valence electrons. The van der Waals surface area contributed by atoms with Crippen LogP contribution in [0.1, 0.15) is 18.6 Å². The Balaban J connectivity index is 2.76. The van der Waals surface area contributed by atoms with Crippen molar-refractivity contribution in [3.63, 3.8) is 0 Å². The Hall–Kier alpha value is -0.823. The first-order chi connectivity index (χ1) is 7.58. The van der Waals surface area contributed by atoms with Gasteiger partial charge in [-0.15, -0.1) is 0 Å². The fourth-order valence-corrected chi connectivity index (χ4v) is 2.17. The van der Waals surface area contributed by atoms with Gasteiger partial charge >= 0.3 is 9.53 Å². The molecule has 1 unspecified atom stereocenters. The van der Waals surface area contributed by atoms with E-state index in [4.69, 9.17) is 13.3 Å². The van der Waals surface area contributed by atoms with Crippen LogP contribution < -0.4 is 0 Å². The third-order valence-corrected chi connectivity index (χ3v) is 3.50. The molecule has 0 radical (unpaired) electrons. The molecule has 0 aliphatic rings. The first-order valence-electron chi connectivity index (χ1n) is 4.74. The maximum absolute atomic E-state index is 13.4. The van der Waals surface area contributed by atoms with Crippen molar-refractivity contribution in [2.75, 3.05) is 14.2 Å². The Kier molecular flexibility index (Phi) is 5.00. The lowest BCUT2D eigenvalue weighted by atomic mass is 10.1. The summed E-state index contributed by atoms with van der Waals surface area (Å²) in [7, 11) is 0.720. The third-order valence-electron chi connectivity index (χ3n) is 2.10. The SMILES string of the molecule is CO[SiH](OC)OC(C)c1ccc(F)cc1F. The van der Waals surface area contributed by atoms with E-state index < -0.39 is 27.3 Å². The number of halogens is 2. The number of hydrogen-bond donors (Lipinski definition) is 0. The lowest BCUT2D eigenvalue weighted by Crippen LogP contribution is -2.25. The van der Waals surface area contributed by atoms with E-state index in [-0.39, 0.29) is 5.56 Å². The van der Waals surface area contributed by atoms with Crippen LogP contribution in [-0.4, -0.2) is 23.7 Å². The molecule has 0 bridgehead atoms. The molecule has 6 heteroatoms. The van der Waals surface area contributed by atoms with Crippen molar-refractivity contribution in [2.45, 2.75) is 13.0 Å². The van der Waals surface area contributed by atoms with E-state index in [9.17, 15) is 8.78 Å². The van der Waals surface area contributed by atoms with Crippen molar-refractivity contribution < 1.29 is 22.1 Å². The molecule has 0 heterocycles. The molecule has 0 fully saturated rings. The van der Waals surface area contributed by atoms with E-state index >= 15 is 0 Å². The van der Waals surface area contributed by atoms with Gasteiger partial charge in [-0.05, 0) is 13.0 Å². The second-order valence-electron chi connectivity index (χ2n) is 3.20. The molecule has 0 amide bonds. The smallest absolute Gasteiger partial charge is 0.379 e. The zero-order valence-electron chi connectivity index (χ0n) is 9.37. The maximum atomic E-state index is 13.4. The summed E-state index contributed by atoms with van der Waals surface area (Å²) in [5.74, 6) is -1.24. The summed E-state index contributed by atoms with van der Waals surface area (Å²) < 4.78 is 41.4. The second-order valence-corrected chi connectivity index (χ2v) is 5.00. The van der Waals surface area contributed by atoms with Crippen molar-refractivity contribution in [1.82, 2.24) is 0 Å². The van der Waals surface area contributed by atoms with Gasteiger partial charge < -0.3 is 13.3 Å². The summed E-state index contributed by atoms with van der Waals surface area (Å²) >= 11 is 0. The molecule has 0 aromatic heterocycles. The van der Waals surface area contributed by atoms with Gasteiger partial charge in [0.2, 0.25) is 0 Å². The summed E-state index contributed by atoms with van der Waals surface area (Å²) in [4.78, 5) is 0. The van der Waals surface area contributed by atoms with Gasteiger partial charge in [0.15, 0.2) is 0 Å². The van der Waals surface area contributed by atoms with E-state index in [2.05, 4.69) is 0 Å². The average Bonchev–Trinajstić information content (AvgIpc) is 2.25.